The Balaban J connectivity index is 1.64. The quantitative estimate of drug-likeness (QED) is 0.573. The number of carbonyl (C=O) groups excluding carboxylic acids is 1. The van der Waals surface area contributed by atoms with Crippen LogP contribution in [-0.2, 0) is 20.3 Å². The van der Waals surface area contributed by atoms with Gasteiger partial charge >= 0.3 is 0 Å². The van der Waals surface area contributed by atoms with E-state index in [1.165, 1.54) is 77.7 Å². The van der Waals surface area contributed by atoms with Crippen LogP contribution in [0, 0.1) is 11.6 Å². The molecule has 1 saturated heterocycles. The maximum Gasteiger partial charge on any atom is 0.252 e. The van der Waals surface area contributed by atoms with E-state index in [9.17, 15) is 28.0 Å². The summed E-state index contributed by atoms with van der Waals surface area (Å²) < 4.78 is 38.4. The Morgan fingerprint density at radius 1 is 0.935 bits per heavy atom. The number of halogens is 2. The first-order valence-corrected chi connectivity index (χ1v) is 10.8. The van der Waals surface area contributed by atoms with Crippen molar-refractivity contribution in [3.63, 3.8) is 0 Å². The van der Waals surface area contributed by atoms with Crippen molar-refractivity contribution in [2.24, 2.45) is 0 Å². The number of anilines is 1. The van der Waals surface area contributed by atoms with Gasteiger partial charge in [0.25, 0.3) is 5.91 Å². The van der Waals surface area contributed by atoms with Gasteiger partial charge in [-0.2, -0.15) is 0 Å². The molecule has 3 aromatic carbocycles. The fourth-order valence-electron chi connectivity index (χ4n) is 3.63. The second-order valence-electron chi connectivity index (χ2n) is 7.32. The molecule has 1 amide bonds. The lowest BCUT2D eigenvalue weighted by molar-refractivity contribution is -0.125. The molecule has 0 saturated carbocycles. The lowest BCUT2D eigenvalue weighted by atomic mass is 9.88. The number of hydrogen-bond acceptors (Lipinski definition) is 4. The van der Waals surface area contributed by atoms with Crippen molar-refractivity contribution in [3.8, 4) is 5.75 Å². The van der Waals surface area contributed by atoms with Gasteiger partial charge in [0.15, 0.2) is 4.75 Å². The molecular formula is C23H19F2NO4S. The summed E-state index contributed by atoms with van der Waals surface area (Å²) in [4.78, 5) is 14.7. The van der Waals surface area contributed by atoms with Crippen molar-refractivity contribution in [3.05, 3.63) is 95.6 Å². The van der Waals surface area contributed by atoms with Crippen molar-refractivity contribution in [2.45, 2.75) is 10.9 Å². The van der Waals surface area contributed by atoms with Crippen LogP contribution in [0.1, 0.15) is 17.2 Å². The summed E-state index contributed by atoms with van der Waals surface area (Å²) in [6.45, 7) is 0.0605. The normalized spacial score (nSPS) is 20.2. The van der Waals surface area contributed by atoms with Crippen LogP contribution >= 0.6 is 0 Å². The summed E-state index contributed by atoms with van der Waals surface area (Å²) in [5.41, 5.74) is 1.30. The zero-order valence-electron chi connectivity index (χ0n) is 16.2. The number of amides is 1. The second kappa shape index (κ2) is 8.20. The number of phenolic OH excluding ortho intramolecular Hbond substituents is 1. The number of aromatic hydroxyl groups is 1. The Morgan fingerprint density at radius 3 is 2.03 bits per heavy atom. The molecule has 4 rings (SSSR count). The Morgan fingerprint density at radius 2 is 1.48 bits per heavy atom. The van der Waals surface area contributed by atoms with E-state index in [0.29, 0.717) is 16.8 Å². The number of hydrogen-bond donors (Lipinski definition) is 2. The number of carbonyl (C=O) groups is 1. The molecular weight excluding hydrogens is 424 g/mol. The van der Waals surface area contributed by atoms with E-state index in [2.05, 4.69) is 0 Å². The molecule has 0 spiro atoms. The van der Waals surface area contributed by atoms with Crippen molar-refractivity contribution in [1.29, 1.82) is 0 Å². The van der Waals surface area contributed by atoms with Crippen molar-refractivity contribution < 1.29 is 28.0 Å². The maximum atomic E-state index is 13.4. The number of aliphatic hydroxyl groups excluding tert-OH is 1. The Kier molecular flexibility index (Phi) is 5.60. The molecule has 0 aliphatic carbocycles. The largest absolute Gasteiger partial charge is 0.508 e. The first-order valence-electron chi connectivity index (χ1n) is 9.50. The van der Waals surface area contributed by atoms with E-state index in [1.807, 2.05) is 0 Å². The fourth-order valence-corrected chi connectivity index (χ4v) is 5.37. The van der Waals surface area contributed by atoms with Gasteiger partial charge in [-0.05, 0) is 59.7 Å². The molecule has 1 aliphatic rings. The minimum atomic E-state index is -1.85. The zero-order chi connectivity index (χ0) is 22.2. The van der Waals surface area contributed by atoms with Gasteiger partial charge in [0, 0.05) is 16.5 Å². The van der Waals surface area contributed by atoms with Gasteiger partial charge in [0.1, 0.15) is 17.4 Å². The molecule has 160 valence electrons. The summed E-state index contributed by atoms with van der Waals surface area (Å²) >= 11 is 0. The SMILES string of the molecule is O=C1N(c2ccc(F)cc2)C[C@@]1(c1ccc(O)cc1)[S@](=O)C[C@@H](O)c1ccc(F)cc1. The lowest BCUT2D eigenvalue weighted by Gasteiger charge is -2.48. The Labute approximate surface area is 180 Å². The number of phenols is 1. The molecule has 0 radical (unpaired) electrons. The van der Waals surface area contributed by atoms with Gasteiger partial charge in [-0.1, -0.05) is 24.3 Å². The van der Waals surface area contributed by atoms with Crippen molar-refractivity contribution in [1.82, 2.24) is 0 Å². The van der Waals surface area contributed by atoms with Crippen LogP contribution in [0.2, 0.25) is 0 Å². The van der Waals surface area contributed by atoms with Gasteiger partial charge in [-0.25, -0.2) is 8.78 Å². The summed E-state index contributed by atoms with van der Waals surface area (Å²) in [5.74, 6) is -1.59. The van der Waals surface area contributed by atoms with Gasteiger partial charge in [-0.15, -0.1) is 0 Å². The van der Waals surface area contributed by atoms with Crippen molar-refractivity contribution in [2.75, 3.05) is 17.2 Å². The standard InChI is InChI=1S/C23H19F2NO4S/c24-17-5-1-15(2-6-17)21(28)13-31(30)23(16-3-11-20(27)12-4-16)14-26(22(23)29)19-9-7-18(25)8-10-19/h1-12,21,27-28H,13-14H2/t21-,23+,31-/m1/s1. The van der Waals surface area contributed by atoms with E-state index in [4.69, 9.17) is 0 Å². The van der Waals surface area contributed by atoms with Crippen LogP contribution in [0.5, 0.6) is 5.75 Å². The van der Waals surface area contributed by atoms with Crippen LogP contribution in [-0.4, -0.2) is 32.6 Å². The number of benzene rings is 3. The Hall–Kier alpha value is -3.10. The molecule has 0 unspecified atom stereocenters. The monoisotopic (exact) mass is 443 g/mol. The minimum absolute atomic E-state index is 0.00167. The van der Waals surface area contributed by atoms with E-state index in [-0.39, 0.29) is 18.0 Å². The highest BCUT2D eigenvalue weighted by molar-refractivity contribution is 7.87. The van der Waals surface area contributed by atoms with Crippen LogP contribution in [0.15, 0.2) is 72.8 Å². The third-order valence-electron chi connectivity index (χ3n) is 5.40. The fraction of sp³-hybridized carbons (Fsp3) is 0.174. The molecule has 3 aromatic rings. The predicted octanol–water partition coefficient (Wildman–Crippen LogP) is 3.39. The molecule has 1 fully saturated rings. The van der Waals surface area contributed by atoms with E-state index >= 15 is 0 Å². The zero-order valence-corrected chi connectivity index (χ0v) is 17.1. The summed E-state index contributed by atoms with van der Waals surface area (Å²) in [6, 6.07) is 16.4. The van der Waals surface area contributed by atoms with Gasteiger partial charge in [0.05, 0.1) is 18.4 Å². The number of nitrogens with zero attached hydrogens (tertiary/aromatic N) is 1. The molecule has 0 bridgehead atoms. The molecule has 31 heavy (non-hydrogen) atoms. The maximum absolute atomic E-state index is 13.4. The van der Waals surface area contributed by atoms with Gasteiger partial charge in [0.2, 0.25) is 0 Å². The average molecular weight is 443 g/mol. The molecule has 0 aromatic heterocycles. The third kappa shape index (κ3) is 3.84. The first kappa shape index (κ1) is 21.1. The third-order valence-corrected chi connectivity index (χ3v) is 7.33. The van der Waals surface area contributed by atoms with Crippen LogP contribution in [0.25, 0.3) is 0 Å². The first-order chi connectivity index (χ1) is 14.8. The molecule has 3 atom stereocenters. The highest BCUT2D eigenvalue weighted by atomic mass is 32.2. The van der Waals surface area contributed by atoms with Gasteiger partial charge < -0.3 is 15.1 Å². The minimum Gasteiger partial charge on any atom is -0.508 e. The van der Waals surface area contributed by atoms with Crippen LogP contribution in [0.3, 0.4) is 0 Å². The van der Waals surface area contributed by atoms with E-state index < -0.39 is 39.2 Å². The van der Waals surface area contributed by atoms with Gasteiger partial charge in [-0.3, -0.25) is 9.00 Å². The number of rotatable bonds is 6. The second-order valence-corrected chi connectivity index (χ2v) is 9.04. The van der Waals surface area contributed by atoms with E-state index in [1.54, 1.807) is 0 Å². The topological polar surface area (TPSA) is 77.8 Å². The van der Waals surface area contributed by atoms with Crippen LogP contribution in [0.4, 0.5) is 14.5 Å². The highest BCUT2D eigenvalue weighted by Crippen LogP contribution is 2.43. The number of β-lactam (4-membered cyclic amide) rings is 1. The highest BCUT2D eigenvalue weighted by Gasteiger charge is 2.58. The molecule has 2 N–H and O–H groups in total. The lowest BCUT2D eigenvalue weighted by Crippen LogP contribution is -2.67. The summed E-state index contributed by atoms with van der Waals surface area (Å²) in [5, 5.41) is 20.1. The average Bonchev–Trinajstić information content (AvgIpc) is 2.76. The molecule has 5 nitrogen and oxygen atoms in total. The van der Waals surface area contributed by atoms with Crippen LogP contribution < -0.4 is 4.90 Å². The van der Waals surface area contributed by atoms with Crippen molar-refractivity contribution >= 4 is 22.4 Å². The summed E-state index contributed by atoms with van der Waals surface area (Å²) in [6.07, 6.45) is -1.16. The predicted molar refractivity (Wildman–Crippen MR) is 113 cm³/mol. The molecule has 1 heterocycles. The molecule has 8 heteroatoms. The summed E-state index contributed by atoms with van der Waals surface area (Å²) in [7, 11) is -1.85. The molecule has 1 aliphatic heterocycles. The number of aliphatic hydroxyl groups is 1. The Bertz CT molecular complexity index is 1120. The van der Waals surface area contributed by atoms with E-state index in [0.717, 1.165) is 0 Å². The smallest absolute Gasteiger partial charge is 0.252 e.